The van der Waals surface area contributed by atoms with Crippen molar-refractivity contribution in [3.8, 4) is 39.8 Å². The Hall–Kier alpha value is -3.78. The standard InChI is InChI=1S/C24H21N3O4S/c1-25-22(17-5-4-6-19(15-17)27(28)29)24(32)26(18-9-13-21(31-3)14-10-18)23(25)16-7-11-20(30-2)12-8-16/h4-15H,1-3H3/p+1. The van der Waals surface area contributed by atoms with E-state index in [0.717, 1.165) is 34.3 Å². The summed E-state index contributed by atoms with van der Waals surface area (Å²) in [5.41, 5.74) is 3.32. The van der Waals surface area contributed by atoms with E-state index < -0.39 is 4.92 Å². The minimum atomic E-state index is -0.396. The zero-order valence-electron chi connectivity index (χ0n) is 17.9. The van der Waals surface area contributed by atoms with E-state index in [-0.39, 0.29) is 5.69 Å². The van der Waals surface area contributed by atoms with Gasteiger partial charge in [-0.05, 0) is 48.5 Å². The fraction of sp³-hybridized carbons (Fsp3) is 0.125. The lowest BCUT2D eigenvalue weighted by atomic mass is 10.1. The molecule has 0 N–H and O–H groups in total. The molecule has 8 heteroatoms. The molecule has 1 heterocycles. The third-order valence-electron chi connectivity index (χ3n) is 5.30. The van der Waals surface area contributed by atoms with Crippen molar-refractivity contribution in [2.45, 2.75) is 5.03 Å². The molecule has 0 saturated heterocycles. The Labute approximate surface area is 191 Å². The molecule has 1 aromatic heterocycles. The Morgan fingerprint density at radius 1 is 0.906 bits per heavy atom. The number of imidazole rings is 1. The molecule has 0 fully saturated rings. The number of hydrogen-bond donors (Lipinski definition) is 1. The minimum Gasteiger partial charge on any atom is -0.497 e. The predicted molar refractivity (Wildman–Crippen MR) is 125 cm³/mol. The van der Waals surface area contributed by atoms with E-state index in [1.807, 2.05) is 70.8 Å². The first-order chi connectivity index (χ1) is 15.4. The molecule has 0 unspecified atom stereocenters. The van der Waals surface area contributed by atoms with Crippen molar-refractivity contribution in [3.63, 3.8) is 0 Å². The smallest absolute Gasteiger partial charge is 0.295 e. The molecule has 162 valence electrons. The van der Waals surface area contributed by atoms with Crippen molar-refractivity contribution in [2.24, 2.45) is 7.05 Å². The molecule has 7 nitrogen and oxygen atoms in total. The van der Waals surface area contributed by atoms with E-state index in [1.165, 1.54) is 6.07 Å². The van der Waals surface area contributed by atoms with Crippen LogP contribution in [0.5, 0.6) is 11.5 Å². The molecular weight excluding hydrogens is 426 g/mol. The van der Waals surface area contributed by atoms with Crippen LogP contribution in [0, 0.1) is 10.1 Å². The highest BCUT2D eigenvalue weighted by Gasteiger charge is 2.31. The number of thiol groups is 1. The largest absolute Gasteiger partial charge is 0.497 e. The van der Waals surface area contributed by atoms with Crippen LogP contribution in [0.15, 0.2) is 77.8 Å². The minimum absolute atomic E-state index is 0.0263. The number of nitro benzene ring substituents is 1. The van der Waals surface area contributed by atoms with Gasteiger partial charge in [0, 0.05) is 17.7 Å². The van der Waals surface area contributed by atoms with Crippen LogP contribution in [-0.2, 0) is 7.05 Å². The summed E-state index contributed by atoms with van der Waals surface area (Å²) in [6.07, 6.45) is 0. The highest BCUT2D eigenvalue weighted by Crippen LogP contribution is 2.34. The fourth-order valence-corrected chi connectivity index (χ4v) is 4.23. The van der Waals surface area contributed by atoms with E-state index >= 15 is 0 Å². The molecule has 0 saturated carbocycles. The molecule has 0 aliphatic carbocycles. The van der Waals surface area contributed by atoms with Gasteiger partial charge in [-0.2, -0.15) is 4.57 Å². The number of nitro groups is 1. The zero-order chi connectivity index (χ0) is 22.8. The summed E-state index contributed by atoms with van der Waals surface area (Å²) in [7, 11) is 5.17. The van der Waals surface area contributed by atoms with Crippen LogP contribution in [0.4, 0.5) is 5.69 Å². The second-order valence-electron chi connectivity index (χ2n) is 7.12. The predicted octanol–water partition coefficient (Wildman–Crippen LogP) is 4.85. The van der Waals surface area contributed by atoms with Gasteiger partial charge in [0.25, 0.3) is 11.5 Å². The molecule has 0 bridgehead atoms. The van der Waals surface area contributed by atoms with Gasteiger partial charge in [0.2, 0.25) is 5.03 Å². The van der Waals surface area contributed by atoms with Gasteiger partial charge in [-0.15, -0.1) is 0 Å². The molecule has 3 aromatic carbocycles. The molecule has 32 heavy (non-hydrogen) atoms. The second-order valence-corrected chi connectivity index (χ2v) is 7.55. The SMILES string of the molecule is COc1ccc(-c2n(-c3ccc(OC)cc3)c(S)c(-c3cccc([N+](=O)[O-])c3)[n+]2C)cc1. The summed E-state index contributed by atoms with van der Waals surface area (Å²) < 4.78 is 14.6. The van der Waals surface area contributed by atoms with Gasteiger partial charge in [-0.3, -0.25) is 10.1 Å². The van der Waals surface area contributed by atoms with E-state index in [9.17, 15) is 10.1 Å². The number of benzene rings is 3. The average Bonchev–Trinajstić information content (AvgIpc) is 3.09. The van der Waals surface area contributed by atoms with Crippen molar-refractivity contribution in [1.82, 2.24) is 4.57 Å². The van der Waals surface area contributed by atoms with Crippen LogP contribution >= 0.6 is 12.6 Å². The molecule has 0 amide bonds. The van der Waals surface area contributed by atoms with Gasteiger partial charge < -0.3 is 9.47 Å². The Morgan fingerprint density at radius 3 is 2.06 bits per heavy atom. The number of nitrogens with zero attached hydrogens (tertiary/aromatic N) is 3. The van der Waals surface area contributed by atoms with Crippen molar-refractivity contribution < 1.29 is 19.0 Å². The summed E-state index contributed by atoms with van der Waals surface area (Å²) in [4.78, 5) is 10.9. The van der Waals surface area contributed by atoms with Crippen molar-refractivity contribution in [1.29, 1.82) is 0 Å². The number of hydrogen-bond acceptors (Lipinski definition) is 5. The Balaban J connectivity index is 1.99. The molecular formula is C24H22N3O4S+. The second kappa shape index (κ2) is 8.76. The van der Waals surface area contributed by atoms with Crippen LogP contribution in [0.3, 0.4) is 0 Å². The average molecular weight is 449 g/mol. The van der Waals surface area contributed by atoms with Crippen molar-refractivity contribution >= 4 is 18.3 Å². The molecule has 4 rings (SSSR count). The van der Waals surface area contributed by atoms with Gasteiger partial charge in [0.15, 0.2) is 5.69 Å². The van der Waals surface area contributed by atoms with E-state index in [0.29, 0.717) is 10.6 Å². The van der Waals surface area contributed by atoms with Gasteiger partial charge in [-0.1, -0.05) is 24.8 Å². The van der Waals surface area contributed by atoms with E-state index in [1.54, 1.807) is 26.4 Å². The normalized spacial score (nSPS) is 10.8. The Kier molecular flexibility index (Phi) is 5.87. The number of methoxy groups -OCH3 is 2. The molecule has 0 aliphatic rings. The first-order valence-electron chi connectivity index (χ1n) is 9.82. The zero-order valence-corrected chi connectivity index (χ0v) is 18.7. The Morgan fingerprint density at radius 2 is 1.50 bits per heavy atom. The van der Waals surface area contributed by atoms with Crippen molar-refractivity contribution in [3.05, 3.63) is 82.9 Å². The third-order valence-corrected chi connectivity index (χ3v) is 5.71. The highest BCUT2D eigenvalue weighted by molar-refractivity contribution is 7.80. The monoisotopic (exact) mass is 448 g/mol. The molecule has 4 aromatic rings. The van der Waals surface area contributed by atoms with Crippen LogP contribution < -0.4 is 14.0 Å². The van der Waals surface area contributed by atoms with Crippen LogP contribution in [0.1, 0.15) is 0 Å². The van der Waals surface area contributed by atoms with Crippen LogP contribution in [-0.4, -0.2) is 23.7 Å². The third kappa shape index (κ3) is 3.80. The highest BCUT2D eigenvalue weighted by atomic mass is 32.1. The first kappa shape index (κ1) is 21.5. The number of ether oxygens (including phenoxy) is 2. The molecule has 0 radical (unpaired) electrons. The first-order valence-corrected chi connectivity index (χ1v) is 10.3. The van der Waals surface area contributed by atoms with E-state index in [2.05, 4.69) is 0 Å². The maximum atomic E-state index is 11.3. The number of non-ortho nitro benzene ring substituents is 1. The van der Waals surface area contributed by atoms with Gasteiger partial charge >= 0.3 is 0 Å². The lowest BCUT2D eigenvalue weighted by Crippen LogP contribution is -2.32. The Bertz CT molecular complexity index is 1210. The maximum absolute atomic E-state index is 11.3. The molecule has 0 spiro atoms. The number of rotatable bonds is 6. The maximum Gasteiger partial charge on any atom is 0.295 e. The fourth-order valence-electron chi connectivity index (χ4n) is 3.74. The van der Waals surface area contributed by atoms with E-state index in [4.69, 9.17) is 22.1 Å². The summed E-state index contributed by atoms with van der Waals surface area (Å²) in [6.45, 7) is 0. The van der Waals surface area contributed by atoms with Gasteiger partial charge in [-0.25, -0.2) is 4.57 Å². The molecule has 0 aliphatic heterocycles. The number of aromatic nitrogens is 2. The van der Waals surface area contributed by atoms with Gasteiger partial charge in [0.05, 0.1) is 31.8 Å². The summed E-state index contributed by atoms with van der Waals surface area (Å²) in [5.74, 6) is 2.36. The molecule has 0 atom stereocenters. The van der Waals surface area contributed by atoms with Gasteiger partial charge in [0.1, 0.15) is 17.2 Å². The topological polar surface area (TPSA) is 70.4 Å². The lowest BCUT2D eigenvalue weighted by molar-refractivity contribution is -0.649. The summed E-state index contributed by atoms with van der Waals surface area (Å²) in [6, 6.07) is 22.0. The summed E-state index contributed by atoms with van der Waals surface area (Å²) in [5, 5.41) is 12.0. The lowest BCUT2D eigenvalue weighted by Gasteiger charge is -2.06. The van der Waals surface area contributed by atoms with Crippen LogP contribution in [0.2, 0.25) is 0 Å². The van der Waals surface area contributed by atoms with Crippen LogP contribution in [0.25, 0.3) is 28.3 Å². The quantitative estimate of drug-likeness (QED) is 0.198. The van der Waals surface area contributed by atoms with Crippen molar-refractivity contribution in [2.75, 3.05) is 14.2 Å². The summed E-state index contributed by atoms with van der Waals surface area (Å²) >= 11 is 4.86.